The molecular weight excluding hydrogens is 931 g/mol. The highest BCUT2D eigenvalue weighted by Gasteiger charge is 2.33. The van der Waals surface area contributed by atoms with Crippen LogP contribution >= 0.6 is 0 Å². The van der Waals surface area contributed by atoms with Crippen molar-refractivity contribution in [1.82, 2.24) is 14.1 Å². The van der Waals surface area contributed by atoms with Gasteiger partial charge in [0.25, 0.3) is 0 Å². The molecule has 0 saturated carbocycles. The fourth-order valence-corrected chi connectivity index (χ4v) is 13.3. The first-order valence-electron chi connectivity index (χ1n) is 26.4. The van der Waals surface area contributed by atoms with Gasteiger partial charge >= 0.3 is 0 Å². The molecule has 3 heteroatoms. The molecule has 3 heterocycles. The predicted molar refractivity (Wildman–Crippen MR) is 322 cm³/mol. The first kappa shape index (κ1) is 44.6. The molecule has 0 spiro atoms. The quantitative estimate of drug-likeness (QED) is 0.156. The highest BCUT2D eigenvalue weighted by molar-refractivity contribution is 6.11. The summed E-state index contributed by atoms with van der Waals surface area (Å²) in [6.45, 7) is 0. The molecule has 0 radical (unpaired) electrons. The normalized spacial score (nSPS) is 12.7. The van der Waals surface area contributed by atoms with Gasteiger partial charge in [-0.15, -0.1) is 0 Å². The predicted octanol–water partition coefficient (Wildman–Crippen LogP) is 19.2. The standard InChI is InChI=1S/C73H47N3.CH4/c1-2-20-46(21-3-1)49-44-64(62-42-47(72-58-30-8-4-22-50(58)51-23-5-9-31-59(51)72)38-40-70(62)75-66-34-16-12-26-54(66)55-27-13-17-35-67(55)75)74-65(45-49)63-43-48(73-60-32-10-6-24-52(60)53-25-7-11-33-61(53)73)39-41-71(63)76-68-36-18-14-28-56(68)57-29-15-19-37-69(57)76;/h1-45,72-73H;1H4. The summed E-state index contributed by atoms with van der Waals surface area (Å²) in [6, 6.07) is 101. The van der Waals surface area contributed by atoms with Crippen LogP contribution in [0, 0.1) is 0 Å². The minimum Gasteiger partial charge on any atom is -0.309 e. The highest BCUT2D eigenvalue weighted by Crippen LogP contribution is 2.51. The van der Waals surface area contributed by atoms with Crippen molar-refractivity contribution >= 4 is 43.6 Å². The second kappa shape index (κ2) is 17.7. The molecule has 0 bridgehead atoms. The molecule has 11 aromatic carbocycles. The van der Waals surface area contributed by atoms with Crippen LogP contribution < -0.4 is 0 Å². The van der Waals surface area contributed by atoms with Crippen LogP contribution in [0.1, 0.15) is 52.6 Å². The first-order valence-corrected chi connectivity index (χ1v) is 26.4. The van der Waals surface area contributed by atoms with Gasteiger partial charge in [0.15, 0.2) is 0 Å². The number of para-hydroxylation sites is 4. The van der Waals surface area contributed by atoms with E-state index in [0.29, 0.717) is 0 Å². The molecule has 0 atom stereocenters. The van der Waals surface area contributed by atoms with Crippen LogP contribution in [0.2, 0.25) is 0 Å². The number of hydrogen-bond donors (Lipinski definition) is 0. The average Bonchev–Trinajstić information content (AvgIpc) is 4.40. The Morgan fingerprint density at radius 3 is 0.935 bits per heavy atom. The number of benzene rings is 11. The summed E-state index contributed by atoms with van der Waals surface area (Å²) in [5.74, 6) is 0.0942. The molecule has 0 fully saturated rings. The molecule has 14 aromatic rings. The highest BCUT2D eigenvalue weighted by atomic mass is 15.0. The van der Waals surface area contributed by atoms with E-state index >= 15 is 0 Å². The van der Waals surface area contributed by atoms with Crippen LogP contribution in [0.5, 0.6) is 0 Å². The lowest BCUT2D eigenvalue weighted by Gasteiger charge is -2.22. The molecule has 3 nitrogen and oxygen atoms in total. The number of rotatable bonds is 7. The maximum absolute atomic E-state index is 6.05. The van der Waals surface area contributed by atoms with Crippen molar-refractivity contribution in [3.63, 3.8) is 0 Å². The van der Waals surface area contributed by atoms with Crippen LogP contribution in [-0.2, 0) is 0 Å². The number of nitrogens with zero attached hydrogens (tertiary/aromatic N) is 3. The van der Waals surface area contributed by atoms with Gasteiger partial charge in [0, 0.05) is 44.5 Å². The van der Waals surface area contributed by atoms with Gasteiger partial charge in [0.1, 0.15) is 0 Å². The van der Waals surface area contributed by atoms with Crippen molar-refractivity contribution in [3.8, 4) is 67.3 Å². The second-order valence-corrected chi connectivity index (χ2v) is 20.5. The van der Waals surface area contributed by atoms with Gasteiger partial charge < -0.3 is 9.13 Å². The van der Waals surface area contributed by atoms with Crippen LogP contribution in [-0.4, -0.2) is 14.1 Å². The summed E-state index contributed by atoms with van der Waals surface area (Å²) in [5, 5.41) is 4.89. The minimum absolute atomic E-state index is 0. The molecule has 0 saturated heterocycles. The Kier molecular flexibility index (Phi) is 10.2. The molecule has 3 aromatic heterocycles. The fourth-order valence-electron chi connectivity index (χ4n) is 13.3. The van der Waals surface area contributed by atoms with Gasteiger partial charge in [0.2, 0.25) is 0 Å². The lowest BCUT2D eigenvalue weighted by Crippen LogP contribution is -2.05. The number of fused-ring (bicyclic) bond motifs is 12. The molecule has 0 unspecified atom stereocenters. The number of hydrogen-bond acceptors (Lipinski definition) is 1. The van der Waals surface area contributed by atoms with E-state index in [9.17, 15) is 0 Å². The van der Waals surface area contributed by atoms with Gasteiger partial charge in [-0.1, -0.05) is 220 Å². The third-order valence-corrected chi connectivity index (χ3v) is 16.5. The largest absolute Gasteiger partial charge is 0.309 e. The van der Waals surface area contributed by atoms with Crippen molar-refractivity contribution in [2.45, 2.75) is 19.3 Å². The fraction of sp³-hybridized carbons (Fsp3) is 0.0405. The number of aromatic nitrogens is 3. The van der Waals surface area contributed by atoms with Gasteiger partial charge in [-0.2, -0.15) is 0 Å². The smallest absolute Gasteiger partial charge is 0.0736 e. The van der Waals surface area contributed by atoms with Crippen LogP contribution in [0.4, 0.5) is 0 Å². The molecule has 2 aliphatic rings. The third-order valence-electron chi connectivity index (χ3n) is 16.5. The zero-order chi connectivity index (χ0) is 49.8. The van der Waals surface area contributed by atoms with E-state index in [-0.39, 0.29) is 19.3 Å². The zero-order valence-electron chi connectivity index (χ0n) is 41.5. The maximum atomic E-state index is 6.05. The Bertz CT molecular complexity index is 4200. The van der Waals surface area contributed by atoms with E-state index in [2.05, 4.69) is 282 Å². The number of pyridine rings is 1. The van der Waals surface area contributed by atoms with Crippen molar-refractivity contribution in [3.05, 3.63) is 306 Å². The van der Waals surface area contributed by atoms with Crippen LogP contribution in [0.25, 0.3) is 111 Å². The van der Waals surface area contributed by atoms with Crippen molar-refractivity contribution < 1.29 is 0 Å². The summed E-state index contributed by atoms with van der Waals surface area (Å²) < 4.78 is 4.94. The van der Waals surface area contributed by atoms with E-state index in [4.69, 9.17) is 4.98 Å². The summed E-state index contributed by atoms with van der Waals surface area (Å²) in [4.78, 5) is 6.05. The third kappa shape index (κ3) is 6.80. The first-order chi connectivity index (χ1) is 37.7. The molecule has 0 aliphatic heterocycles. The zero-order valence-corrected chi connectivity index (χ0v) is 41.5. The second-order valence-electron chi connectivity index (χ2n) is 20.5. The summed E-state index contributed by atoms with van der Waals surface area (Å²) >= 11 is 0. The van der Waals surface area contributed by atoms with E-state index < -0.39 is 0 Å². The van der Waals surface area contributed by atoms with E-state index in [1.54, 1.807) is 0 Å². The molecule has 16 rings (SSSR count). The average molecular weight is 982 g/mol. The monoisotopic (exact) mass is 981 g/mol. The lowest BCUT2D eigenvalue weighted by atomic mass is 9.87. The molecule has 0 amide bonds. The van der Waals surface area contributed by atoms with Crippen LogP contribution in [0.15, 0.2) is 273 Å². The van der Waals surface area contributed by atoms with Gasteiger partial charge in [-0.3, -0.25) is 0 Å². The van der Waals surface area contributed by atoms with Crippen molar-refractivity contribution in [1.29, 1.82) is 0 Å². The van der Waals surface area contributed by atoms with Crippen molar-refractivity contribution in [2.24, 2.45) is 0 Å². The SMILES string of the molecule is C.c1ccc(-c2cc(-c3cc(C4c5ccccc5-c5ccccc54)ccc3-n3c4ccccc4c4ccccc43)nc(-c3cc(C4c5ccccc5-c5ccccc54)ccc3-n3c4ccccc4c4ccccc43)c2)cc1. The van der Waals surface area contributed by atoms with Gasteiger partial charge in [0.05, 0.1) is 44.8 Å². The lowest BCUT2D eigenvalue weighted by molar-refractivity contribution is 1.01. The Hall–Kier alpha value is -9.83. The summed E-state index contributed by atoms with van der Waals surface area (Å²) in [5.41, 5.74) is 26.0. The van der Waals surface area contributed by atoms with Crippen molar-refractivity contribution in [2.75, 3.05) is 0 Å². The van der Waals surface area contributed by atoms with E-state index in [1.165, 1.54) is 77.2 Å². The van der Waals surface area contributed by atoms with E-state index in [1.807, 2.05) is 0 Å². The van der Waals surface area contributed by atoms with Gasteiger partial charge in [-0.05, 0) is 127 Å². The van der Waals surface area contributed by atoms with Crippen LogP contribution in [0.3, 0.4) is 0 Å². The molecule has 2 aliphatic carbocycles. The Morgan fingerprint density at radius 2 is 0.571 bits per heavy atom. The Labute approximate surface area is 448 Å². The topological polar surface area (TPSA) is 22.8 Å². The maximum Gasteiger partial charge on any atom is 0.0736 e. The minimum atomic E-state index is 0. The molecule has 77 heavy (non-hydrogen) atoms. The summed E-state index contributed by atoms with van der Waals surface area (Å²) in [7, 11) is 0. The van der Waals surface area contributed by atoms with E-state index in [0.717, 1.165) is 67.1 Å². The Morgan fingerprint density at radius 1 is 0.260 bits per heavy atom. The van der Waals surface area contributed by atoms with Gasteiger partial charge in [-0.25, -0.2) is 4.98 Å². The molecule has 0 N–H and O–H groups in total. The molecular formula is C74H51N3. The summed E-state index contributed by atoms with van der Waals surface area (Å²) in [6.07, 6.45) is 0. The molecule has 362 valence electrons. The Balaban J connectivity index is 0.00000518.